The van der Waals surface area contributed by atoms with Crippen LogP contribution in [0.5, 0.6) is 0 Å². The molecule has 3 aromatic rings. The molecule has 6 heteroatoms. The Morgan fingerprint density at radius 2 is 1.97 bits per heavy atom. The van der Waals surface area contributed by atoms with E-state index >= 15 is 0 Å². The maximum Gasteiger partial charge on any atom is 0.236 e. The van der Waals surface area contributed by atoms with Gasteiger partial charge in [0.2, 0.25) is 5.91 Å². The Hall–Kier alpha value is -2.54. The molecule has 1 amide bonds. The van der Waals surface area contributed by atoms with E-state index in [2.05, 4.69) is 59.4 Å². The molecule has 2 aliphatic rings. The van der Waals surface area contributed by atoms with Crippen LogP contribution < -0.4 is 5.32 Å². The number of anilines is 1. The van der Waals surface area contributed by atoms with Crippen LogP contribution in [0.4, 0.5) is 5.13 Å². The van der Waals surface area contributed by atoms with Gasteiger partial charge in [0.05, 0.1) is 17.6 Å². The molecule has 0 bridgehead atoms. The highest BCUT2D eigenvalue weighted by Gasteiger charge is 2.51. The van der Waals surface area contributed by atoms with Gasteiger partial charge in [0, 0.05) is 24.2 Å². The summed E-state index contributed by atoms with van der Waals surface area (Å²) in [6, 6.07) is 16.7. The molecule has 0 spiro atoms. The third-order valence-electron chi connectivity index (χ3n) is 6.93. The fourth-order valence-electron chi connectivity index (χ4n) is 4.69. The van der Waals surface area contributed by atoms with Gasteiger partial charge in [-0.25, -0.2) is 4.98 Å². The summed E-state index contributed by atoms with van der Waals surface area (Å²) in [6.45, 7) is 5.68. The van der Waals surface area contributed by atoms with E-state index in [0.29, 0.717) is 11.7 Å². The molecule has 2 N–H and O–H groups in total. The first-order valence-electron chi connectivity index (χ1n) is 11.3. The van der Waals surface area contributed by atoms with Crippen molar-refractivity contribution in [3.05, 3.63) is 81.9 Å². The number of aryl methyl sites for hydroxylation is 2. The van der Waals surface area contributed by atoms with Gasteiger partial charge >= 0.3 is 0 Å². The molecule has 1 saturated carbocycles. The number of likely N-dealkylation sites (tertiary alicyclic amines) is 1. The van der Waals surface area contributed by atoms with Crippen LogP contribution in [-0.4, -0.2) is 40.1 Å². The van der Waals surface area contributed by atoms with E-state index in [-0.39, 0.29) is 18.1 Å². The molecule has 2 heterocycles. The van der Waals surface area contributed by atoms with Crippen molar-refractivity contribution < 1.29 is 9.90 Å². The van der Waals surface area contributed by atoms with Gasteiger partial charge in [0.15, 0.2) is 5.13 Å². The van der Waals surface area contributed by atoms with Crippen molar-refractivity contribution in [2.24, 2.45) is 0 Å². The number of β-amino-alcohol motifs (C(OH)–C–C–N with tert-alkyl or cyclic N) is 1. The topological polar surface area (TPSA) is 65.5 Å². The Labute approximate surface area is 193 Å². The molecule has 5 rings (SSSR count). The lowest BCUT2D eigenvalue weighted by atomic mass is 9.92. The van der Waals surface area contributed by atoms with Crippen LogP contribution in [0.2, 0.25) is 0 Å². The van der Waals surface area contributed by atoms with Crippen LogP contribution in [0, 0.1) is 13.8 Å². The predicted molar refractivity (Wildman–Crippen MR) is 128 cm³/mol. The molecule has 1 saturated heterocycles. The summed E-state index contributed by atoms with van der Waals surface area (Å²) in [5, 5.41) is 13.8. The first-order chi connectivity index (χ1) is 15.5. The van der Waals surface area contributed by atoms with E-state index in [9.17, 15) is 9.90 Å². The average molecular weight is 448 g/mol. The average Bonchev–Trinajstić information content (AvgIpc) is 3.31. The Morgan fingerprint density at radius 1 is 1.19 bits per heavy atom. The van der Waals surface area contributed by atoms with Crippen LogP contribution in [-0.2, 0) is 10.2 Å². The summed E-state index contributed by atoms with van der Waals surface area (Å²) >= 11 is 1.53. The van der Waals surface area contributed by atoms with Gasteiger partial charge in [-0.2, -0.15) is 0 Å². The number of benzene rings is 2. The van der Waals surface area contributed by atoms with Gasteiger partial charge in [-0.15, -0.1) is 0 Å². The van der Waals surface area contributed by atoms with Gasteiger partial charge in [0.1, 0.15) is 0 Å². The molecule has 2 fully saturated rings. The van der Waals surface area contributed by atoms with Crippen LogP contribution in [0.25, 0.3) is 0 Å². The van der Waals surface area contributed by atoms with E-state index in [1.807, 2.05) is 24.4 Å². The molecule has 5 nitrogen and oxygen atoms in total. The first-order valence-corrected chi connectivity index (χ1v) is 12.1. The van der Waals surface area contributed by atoms with E-state index < -0.39 is 5.41 Å². The van der Waals surface area contributed by atoms with E-state index in [1.165, 1.54) is 28.0 Å². The fraction of sp³-hybridized carbons (Fsp3) is 0.385. The third-order valence-corrected chi connectivity index (χ3v) is 7.90. The molecule has 1 aliphatic carbocycles. The van der Waals surface area contributed by atoms with Gasteiger partial charge in [-0.3, -0.25) is 9.69 Å². The molecule has 2 atom stereocenters. The maximum atomic E-state index is 13.3. The van der Waals surface area contributed by atoms with Crippen molar-refractivity contribution >= 4 is 22.4 Å². The van der Waals surface area contributed by atoms with Crippen molar-refractivity contribution in [1.82, 2.24) is 9.88 Å². The van der Waals surface area contributed by atoms with E-state index in [4.69, 9.17) is 0 Å². The highest BCUT2D eigenvalue weighted by atomic mass is 32.1. The molecule has 0 radical (unpaired) electrons. The number of aromatic nitrogens is 1. The molecule has 166 valence electrons. The highest BCUT2D eigenvalue weighted by Crippen LogP contribution is 2.49. The minimum Gasteiger partial charge on any atom is -0.392 e. The number of hydrogen-bond donors (Lipinski definition) is 2. The number of nitrogens with one attached hydrogen (secondary N) is 1. The number of aliphatic hydroxyl groups excluding tert-OH is 1. The zero-order chi connectivity index (χ0) is 22.3. The lowest BCUT2D eigenvalue weighted by Gasteiger charge is -2.26. The lowest BCUT2D eigenvalue weighted by molar-refractivity contribution is -0.118. The minimum absolute atomic E-state index is 0.0335. The standard InChI is InChI=1S/C26H29N3O2S/c1-17-8-9-20(14-18(17)2)26(11-12-26)24(31)28-25-27-15-22(32-25)23(19-6-4-3-5-7-19)29-13-10-21(30)16-29/h3-9,14-15,21,23,30H,10-13,16H2,1-2H3,(H,27,28,31)/t21-,23?/m1/s1. The second-order valence-corrected chi connectivity index (χ2v) is 10.2. The smallest absolute Gasteiger partial charge is 0.236 e. The minimum atomic E-state index is -0.428. The first kappa shape index (κ1) is 21.3. The summed E-state index contributed by atoms with van der Waals surface area (Å²) in [7, 11) is 0. The van der Waals surface area contributed by atoms with E-state index in [0.717, 1.165) is 36.2 Å². The zero-order valence-electron chi connectivity index (χ0n) is 18.5. The van der Waals surface area contributed by atoms with Crippen molar-refractivity contribution in [2.75, 3.05) is 18.4 Å². The van der Waals surface area contributed by atoms with E-state index in [1.54, 1.807) is 0 Å². The van der Waals surface area contributed by atoms with Gasteiger partial charge in [-0.05, 0) is 55.4 Å². The largest absolute Gasteiger partial charge is 0.392 e. The number of nitrogens with zero attached hydrogens (tertiary/aromatic N) is 2. The van der Waals surface area contributed by atoms with Crippen LogP contribution in [0.3, 0.4) is 0 Å². The molecular weight excluding hydrogens is 418 g/mol. The Balaban J connectivity index is 1.37. The van der Waals surface area contributed by atoms with Gasteiger partial charge in [0.25, 0.3) is 0 Å². The number of thiazole rings is 1. The summed E-state index contributed by atoms with van der Waals surface area (Å²) in [6.07, 6.45) is 4.11. The van der Waals surface area contributed by atoms with Crippen LogP contribution in [0.1, 0.15) is 52.4 Å². The summed E-state index contributed by atoms with van der Waals surface area (Å²) < 4.78 is 0. The Kier molecular flexibility index (Phi) is 5.61. The summed E-state index contributed by atoms with van der Waals surface area (Å²) in [5.41, 5.74) is 4.31. The summed E-state index contributed by atoms with van der Waals surface area (Å²) in [5.74, 6) is 0.0366. The van der Waals surface area contributed by atoms with Crippen molar-refractivity contribution in [2.45, 2.75) is 50.7 Å². The second-order valence-electron chi connectivity index (χ2n) is 9.15. The maximum absolute atomic E-state index is 13.3. The zero-order valence-corrected chi connectivity index (χ0v) is 19.4. The Bertz CT molecular complexity index is 1120. The number of amides is 1. The second kappa shape index (κ2) is 8.43. The number of carbonyl (C=O) groups is 1. The number of aliphatic hydroxyl groups is 1. The molecule has 1 aliphatic heterocycles. The van der Waals surface area contributed by atoms with Crippen LogP contribution in [0.15, 0.2) is 54.7 Å². The van der Waals surface area contributed by atoms with Crippen LogP contribution >= 0.6 is 11.3 Å². The third kappa shape index (κ3) is 3.98. The van der Waals surface area contributed by atoms with Crippen molar-refractivity contribution in [1.29, 1.82) is 0 Å². The molecule has 32 heavy (non-hydrogen) atoms. The van der Waals surface area contributed by atoms with Gasteiger partial charge < -0.3 is 10.4 Å². The van der Waals surface area contributed by atoms with Gasteiger partial charge in [-0.1, -0.05) is 59.9 Å². The number of hydrogen-bond acceptors (Lipinski definition) is 5. The summed E-state index contributed by atoms with van der Waals surface area (Å²) in [4.78, 5) is 21.2. The number of carbonyl (C=O) groups excluding carboxylic acids is 1. The van der Waals surface area contributed by atoms with Crippen molar-refractivity contribution in [3.8, 4) is 0 Å². The Morgan fingerprint density at radius 3 is 2.62 bits per heavy atom. The quantitative estimate of drug-likeness (QED) is 0.580. The monoisotopic (exact) mass is 447 g/mol. The van der Waals surface area contributed by atoms with Crippen molar-refractivity contribution in [3.63, 3.8) is 0 Å². The fourth-order valence-corrected chi connectivity index (χ4v) is 5.67. The molecule has 1 aromatic heterocycles. The lowest BCUT2D eigenvalue weighted by Crippen LogP contribution is -2.28. The SMILES string of the molecule is Cc1ccc(C2(C(=O)Nc3ncc(C(c4ccccc4)N4CC[C@@H](O)C4)s3)CC2)cc1C. The highest BCUT2D eigenvalue weighted by molar-refractivity contribution is 7.15. The molecule has 2 aromatic carbocycles. The predicted octanol–water partition coefficient (Wildman–Crippen LogP) is 4.59. The molecular formula is C26H29N3O2S. The molecule has 1 unspecified atom stereocenters. The number of rotatable bonds is 6. The normalized spacial score (nSPS) is 20.8.